The number of rotatable bonds is 1. The van der Waals surface area contributed by atoms with Gasteiger partial charge in [0.25, 0.3) is 0 Å². The van der Waals surface area contributed by atoms with E-state index >= 15 is 0 Å². The molecule has 4 heteroatoms. The molecular formula is C6H4N3O. The average molecular weight is 134 g/mol. The second-order valence-electron chi connectivity index (χ2n) is 1.81. The van der Waals surface area contributed by atoms with Crippen LogP contribution < -0.4 is 5.32 Å². The maximum Gasteiger partial charge on any atom is 0.153 e. The van der Waals surface area contributed by atoms with Crippen molar-refractivity contribution >= 4 is 5.70 Å². The lowest BCUT2D eigenvalue weighted by Crippen LogP contribution is -1.91. The van der Waals surface area contributed by atoms with Gasteiger partial charge in [0.05, 0.1) is 5.70 Å². The third-order valence-corrected chi connectivity index (χ3v) is 1.18. The molecule has 49 valence electrons. The first-order chi connectivity index (χ1) is 4.97. The fourth-order valence-electron chi connectivity index (χ4n) is 0.728. The van der Waals surface area contributed by atoms with Crippen molar-refractivity contribution in [2.45, 2.75) is 0 Å². The van der Waals surface area contributed by atoms with Crippen molar-refractivity contribution in [2.75, 3.05) is 0 Å². The summed E-state index contributed by atoms with van der Waals surface area (Å²) in [5.74, 6) is 0. The summed E-state index contributed by atoms with van der Waals surface area (Å²) in [6.45, 7) is 0. The molecule has 2 heterocycles. The van der Waals surface area contributed by atoms with E-state index < -0.39 is 0 Å². The molecular weight excluding hydrogens is 130 g/mol. The largest absolute Gasteiger partial charge is 0.345 e. The minimum atomic E-state index is 0.671. The van der Waals surface area contributed by atoms with Gasteiger partial charge in [-0.2, -0.15) is 0 Å². The molecule has 2 rings (SSSR count). The first kappa shape index (κ1) is 5.22. The molecule has 10 heavy (non-hydrogen) atoms. The monoisotopic (exact) mass is 134 g/mol. The van der Waals surface area contributed by atoms with Crippen molar-refractivity contribution in [3.63, 3.8) is 0 Å². The summed E-state index contributed by atoms with van der Waals surface area (Å²) in [6, 6.07) is 0. The van der Waals surface area contributed by atoms with Crippen LogP contribution in [0.25, 0.3) is 5.70 Å². The molecule has 0 saturated heterocycles. The van der Waals surface area contributed by atoms with Gasteiger partial charge in [-0.25, -0.2) is 0 Å². The molecule has 1 radical (unpaired) electrons. The van der Waals surface area contributed by atoms with E-state index in [1.165, 1.54) is 6.26 Å². The number of hydrogen-bond acceptors (Lipinski definition) is 3. The van der Waals surface area contributed by atoms with E-state index in [-0.39, 0.29) is 0 Å². The van der Waals surface area contributed by atoms with Crippen LogP contribution >= 0.6 is 0 Å². The molecule has 0 spiro atoms. The van der Waals surface area contributed by atoms with Crippen LogP contribution in [0.3, 0.4) is 0 Å². The van der Waals surface area contributed by atoms with Gasteiger partial charge in [-0.1, -0.05) is 0 Å². The Balaban J connectivity index is 2.30. The minimum Gasteiger partial charge on any atom is -0.345 e. The van der Waals surface area contributed by atoms with Crippen molar-refractivity contribution in [1.29, 1.82) is 0 Å². The summed E-state index contributed by atoms with van der Waals surface area (Å²) in [5.41, 5.74) is 1.46. The van der Waals surface area contributed by atoms with Gasteiger partial charge in [-0.05, 0) is 12.2 Å². The molecule has 0 N–H and O–H groups in total. The Morgan fingerprint density at radius 1 is 1.40 bits per heavy atom. The van der Waals surface area contributed by atoms with Gasteiger partial charge in [-0.3, -0.25) is 5.32 Å². The van der Waals surface area contributed by atoms with Crippen LogP contribution in [0, 0.1) is 0 Å². The van der Waals surface area contributed by atoms with E-state index in [4.69, 9.17) is 0 Å². The Bertz CT molecular complexity index is 273. The standard InChI is InChI=1S/C6H4N3O/c1-2-5(7-3-1)6-4-10-9-8-6/h1-4H. The normalized spacial score (nSPS) is 15.0. The van der Waals surface area contributed by atoms with Crippen LogP contribution in [0.4, 0.5) is 0 Å². The highest BCUT2D eigenvalue weighted by Gasteiger charge is 2.06. The Hall–Kier alpha value is -1.58. The average Bonchev–Trinajstić information content (AvgIpc) is 2.59. The number of nitrogens with zero attached hydrogens (tertiary/aromatic N) is 3. The molecule has 0 fully saturated rings. The summed E-state index contributed by atoms with van der Waals surface area (Å²) < 4.78 is 4.54. The van der Waals surface area contributed by atoms with Crippen LogP contribution in [-0.2, 0) is 0 Å². The highest BCUT2D eigenvalue weighted by molar-refractivity contribution is 5.64. The summed E-state index contributed by atoms with van der Waals surface area (Å²) in [6.07, 6.45) is 6.84. The van der Waals surface area contributed by atoms with E-state index in [0.29, 0.717) is 5.69 Å². The zero-order valence-corrected chi connectivity index (χ0v) is 5.06. The molecule has 4 nitrogen and oxygen atoms in total. The van der Waals surface area contributed by atoms with Crippen molar-refractivity contribution in [3.05, 3.63) is 30.3 Å². The topological polar surface area (TPSA) is 53.0 Å². The van der Waals surface area contributed by atoms with Gasteiger partial charge < -0.3 is 4.52 Å². The van der Waals surface area contributed by atoms with E-state index in [0.717, 1.165) is 5.70 Å². The smallest absolute Gasteiger partial charge is 0.153 e. The van der Waals surface area contributed by atoms with Gasteiger partial charge in [0.1, 0.15) is 0 Å². The van der Waals surface area contributed by atoms with E-state index in [2.05, 4.69) is 20.2 Å². The van der Waals surface area contributed by atoms with Crippen LogP contribution in [0.5, 0.6) is 0 Å². The molecule has 0 aliphatic carbocycles. The maximum absolute atomic E-state index is 4.54. The minimum absolute atomic E-state index is 0.671. The lowest BCUT2D eigenvalue weighted by atomic mass is 10.3. The predicted molar refractivity (Wildman–Crippen MR) is 33.5 cm³/mol. The SMILES string of the molecule is C1=C[N]C(c2conn2)=C1. The van der Waals surface area contributed by atoms with Crippen molar-refractivity contribution in [2.24, 2.45) is 0 Å². The third kappa shape index (κ3) is 0.699. The van der Waals surface area contributed by atoms with Crippen LogP contribution in [-0.4, -0.2) is 10.4 Å². The molecule has 1 aliphatic rings. The van der Waals surface area contributed by atoms with Crippen LogP contribution in [0.15, 0.2) is 29.1 Å². The summed E-state index contributed by atoms with van der Waals surface area (Å²) in [7, 11) is 0. The molecule has 1 aliphatic heterocycles. The molecule has 0 aromatic carbocycles. The summed E-state index contributed by atoms with van der Waals surface area (Å²) >= 11 is 0. The van der Waals surface area contributed by atoms with Crippen molar-refractivity contribution in [3.8, 4) is 0 Å². The lowest BCUT2D eigenvalue weighted by Gasteiger charge is -1.89. The Labute approximate surface area is 57.2 Å². The zero-order chi connectivity index (χ0) is 6.81. The predicted octanol–water partition coefficient (Wildman–Crippen LogP) is 0.542. The lowest BCUT2D eigenvalue weighted by molar-refractivity contribution is 0.393. The molecule has 0 saturated carbocycles. The van der Waals surface area contributed by atoms with Gasteiger partial charge in [0.2, 0.25) is 0 Å². The highest BCUT2D eigenvalue weighted by Crippen LogP contribution is 2.11. The fraction of sp³-hybridized carbons (Fsp3) is 0. The molecule has 1 aromatic heterocycles. The van der Waals surface area contributed by atoms with E-state index in [1.54, 1.807) is 6.20 Å². The number of allylic oxidation sites excluding steroid dienone is 2. The number of aromatic nitrogens is 2. The fourth-order valence-corrected chi connectivity index (χ4v) is 0.728. The first-order valence-corrected chi connectivity index (χ1v) is 2.82. The second-order valence-corrected chi connectivity index (χ2v) is 1.81. The Morgan fingerprint density at radius 2 is 2.40 bits per heavy atom. The van der Waals surface area contributed by atoms with Gasteiger partial charge in [0.15, 0.2) is 12.0 Å². The Morgan fingerprint density at radius 3 is 3.00 bits per heavy atom. The number of hydrogen-bond donors (Lipinski definition) is 0. The van der Waals surface area contributed by atoms with Gasteiger partial charge in [0, 0.05) is 11.5 Å². The molecule has 0 bridgehead atoms. The second kappa shape index (κ2) is 1.98. The maximum atomic E-state index is 4.54. The molecule has 0 atom stereocenters. The van der Waals surface area contributed by atoms with E-state index in [9.17, 15) is 0 Å². The van der Waals surface area contributed by atoms with Crippen molar-refractivity contribution < 1.29 is 4.52 Å². The van der Waals surface area contributed by atoms with Crippen LogP contribution in [0.2, 0.25) is 0 Å². The van der Waals surface area contributed by atoms with Gasteiger partial charge in [-0.15, -0.1) is 5.10 Å². The third-order valence-electron chi connectivity index (χ3n) is 1.18. The Kier molecular flexibility index (Phi) is 1.04. The quantitative estimate of drug-likeness (QED) is 0.563. The summed E-state index contributed by atoms with van der Waals surface area (Å²) in [4.78, 5) is 0. The zero-order valence-electron chi connectivity index (χ0n) is 5.06. The molecule has 0 amide bonds. The van der Waals surface area contributed by atoms with Crippen molar-refractivity contribution in [1.82, 2.24) is 15.7 Å². The van der Waals surface area contributed by atoms with E-state index in [1.807, 2.05) is 12.2 Å². The van der Waals surface area contributed by atoms with Gasteiger partial charge >= 0.3 is 0 Å². The van der Waals surface area contributed by atoms with Crippen LogP contribution in [0.1, 0.15) is 5.69 Å². The first-order valence-electron chi connectivity index (χ1n) is 2.82. The molecule has 0 unspecified atom stereocenters. The summed E-state index contributed by atoms with van der Waals surface area (Å²) in [5, 5.41) is 11.0. The highest BCUT2D eigenvalue weighted by atomic mass is 16.5. The molecule has 1 aromatic rings.